The molecule has 0 spiro atoms. The Balaban J connectivity index is 3.00. The first-order valence-corrected chi connectivity index (χ1v) is 8.32. The van der Waals surface area contributed by atoms with Gasteiger partial charge in [-0.25, -0.2) is 13.6 Å². The van der Waals surface area contributed by atoms with Crippen LogP contribution in [0.15, 0.2) is 12.1 Å². The number of nitrogens with zero attached hydrogens (tertiary/aromatic N) is 1. The number of nitrogens with two attached hydrogens (primary N) is 1. The highest BCUT2D eigenvalue weighted by Gasteiger charge is 2.26. The molecule has 10 heteroatoms. The molecule has 0 aliphatic heterocycles. The molecule has 1 unspecified atom stereocenters. The third-order valence-corrected chi connectivity index (χ3v) is 4.76. The van der Waals surface area contributed by atoms with Crippen molar-refractivity contribution in [3.63, 3.8) is 0 Å². The summed E-state index contributed by atoms with van der Waals surface area (Å²) in [6.07, 6.45) is 0.795. The van der Waals surface area contributed by atoms with Crippen molar-refractivity contribution in [3.05, 3.63) is 27.8 Å². The van der Waals surface area contributed by atoms with Gasteiger partial charge >= 0.3 is 5.69 Å². The smallest absolute Gasteiger partial charge is 0.325 e. The summed E-state index contributed by atoms with van der Waals surface area (Å²) in [7, 11) is -2.47. The summed E-state index contributed by atoms with van der Waals surface area (Å²) in [4.78, 5) is 21.2. The van der Waals surface area contributed by atoms with Crippen molar-refractivity contribution < 1.29 is 27.6 Å². The first-order valence-electron chi connectivity index (χ1n) is 6.71. The number of aldehydes is 1. The Hall–Kier alpha value is -2.20. The molecule has 0 amide bonds. The summed E-state index contributed by atoms with van der Waals surface area (Å²) >= 11 is 0. The summed E-state index contributed by atoms with van der Waals surface area (Å²) < 4.78 is 33.0. The lowest BCUT2D eigenvalue weighted by molar-refractivity contribution is -0.386. The Bertz CT molecular complexity index is 688. The summed E-state index contributed by atoms with van der Waals surface area (Å²) in [5, 5.41) is 15.4. The number of hydrogen-bond acceptors (Lipinski definition) is 7. The van der Waals surface area contributed by atoms with Crippen LogP contribution in [-0.4, -0.2) is 38.6 Å². The maximum Gasteiger partial charge on any atom is 0.325 e. The second kappa shape index (κ2) is 7.88. The second-order valence-electron chi connectivity index (χ2n) is 4.67. The molecule has 9 nitrogen and oxygen atoms in total. The fourth-order valence-corrected chi connectivity index (χ4v) is 2.95. The number of nitro groups is 1. The average molecular weight is 346 g/mol. The van der Waals surface area contributed by atoms with Crippen LogP contribution in [0, 0.1) is 10.1 Å². The van der Waals surface area contributed by atoms with E-state index >= 15 is 0 Å². The molecule has 0 heterocycles. The van der Waals surface area contributed by atoms with Gasteiger partial charge in [-0.15, -0.1) is 0 Å². The largest absolute Gasteiger partial charge is 0.489 e. The fraction of sp³-hybridized carbons (Fsp3) is 0.462. The van der Waals surface area contributed by atoms with E-state index in [1.807, 2.05) is 0 Å². The monoisotopic (exact) mass is 346 g/mol. The predicted octanol–water partition coefficient (Wildman–Crippen LogP) is 1.25. The van der Waals surface area contributed by atoms with Gasteiger partial charge in [-0.1, -0.05) is 6.92 Å². The highest BCUT2D eigenvalue weighted by molar-refractivity contribution is 7.89. The molecule has 128 valence electrons. The lowest BCUT2D eigenvalue weighted by Gasteiger charge is -2.15. The standard InChI is InChI=1S/C13H18N2O7S/c1-3-10(23(14,19)20)6-7-22-11-5-4-9(8-16)12(15(17)18)13(11)21-2/h4-5,8,10H,3,6-7H2,1-2H3,(H2,14,19,20). The molecular formula is C13H18N2O7S. The lowest BCUT2D eigenvalue weighted by Crippen LogP contribution is -2.29. The fourth-order valence-electron chi connectivity index (χ4n) is 2.06. The summed E-state index contributed by atoms with van der Waals surface area (Å²) in [5.41, 5.74) is -0.645. The first kappa shape index (κ1) is 18.8. The van der Waals surface area contributed by atoms with Crippen LogP contribution in [0.2, 0.25) is 0 Å². The number of ether oxygens (including phenoxy) is 2. The molecule has 1 aromatic carbocycles. The van der Waals surface area contributed by atoms with E-state index in [1.165, 1.54) is 19.2 Å². The van der Waals surface area contributed by atoms with Gasteiger partial charge in [-0.2, -0.15) is 0 Å². The van der Waals surface area contributed by atoms with E-state index in [0.717, 1.165) is 0 Å². The van der Waals surface area contributed by atoms with Crippen LogP contribution in [-0.2, 0) is 10.0 Å². The second-order valence-corrected chi connectivity index (χ2v) is 6.51. The summed E-state index contributed by atoms with van der Waals surface area (Å²) in [5.74, 6) is -0.141. The molecule has 1 aromatic rings. The van der Waals surface area contributed by atoms with Gasteiger partial charge in [0.05, 0.1) is 29.5 Å². The van der Waals surface area contributed by atoms with Crippen molar-refractivity contribution in [1.82, 2.24) is 0 Å². The van der Waals surface area contributed by atoms with Crippen LogP contribution in [0.25, 0.3) is 0 Å². The highest BCUT2D eigenvalue weighted by atomic mass is 32.2. The molecule has 2 N–H and O–H groups in total. The molecule has 23 heavy (non-hydrogen) atoms. The third kappa shape index (κ3) is 4.63. The minimum atomic E-state index is -3.68. The van der Waals surface area contributed by atoms with E-state index in [-0.39, 0.29) is 30.1 Å². The Morgan fingerprint density at radius 1 is 1.43 bits per heavy atom. The van der Waals surface area contributed by atoms with E-state index in [0.29, 0.717) is 12.7 Å². The van der Waals surface area contributed by atoms with E-state index in [4.69, 9.17) is 14.6 Å². The first-order chi connectivity index (χ1) is 10.8. The van der Waals surface area contributed by atoms with Crippen LogP contribution in [0.5, 0.6) is 11.5 Å². The molecule has 0 aliphatic carbocycles. The van der Waals surface area contributed by atoms with Gasteiger partial charge in [-0.05, 0) is 25.0 Å². The van der Waals surface area contributed by atoms with E-state index < -0.39 is 25.9 Å². The number of rotatable bonds is 9. The SMILES string of the molecule is CCC(CCOc1ccc(C=O)c([N+](=O)[O-])c1OC)S(N)(=O)=O. The Kier molecular flexibility index (Phi) is 6.46. The molecule has 0 aliphatic rings. The topological polar surface area (TPSA) is 139 Å². The van der Waals surface area contributed by atoms with Crippen LogP contribution in [0.1, 0.15) is 30.1 Å². The van der Waals surface area contributed by atoms with Crippen LogP contribution in [0.4, 0.5) is 5.69 Å². The number of methoxy groups -OCH3 is 1. The number of hydrogen-bond donors (Lipinski definition) is 1. The van der Waals surface area contributed by atoms with Gasteiger partial charge in [0.1, 0.15) is 0 Å². The summed E-state index contributed by atoms with van der Waals surface area (Å²) in [6, 6.07) is 2.59. The number of carbonyl (C=O) groups excluding carboxylic acids is 1. The predicted molar refractivity (Wildman–Crippen MR) is 82.3 cm³/mol. The maximum absolute atomic E-state index is 11.3. The molecule has 0 fully saturated rings. The highest BCUT2D eigenvalue weighted by Crippen LogP contribution is 2.39. The van der Waals surface area contributed by atoms with Crippen LogP contribution >= 0.6 is 0 Å². The van der Waals surface area contributed by atoms with Crippen molar-refractivity contribution in [2.45, 2.75) is 25.0 Å². The van der Waals surface area contributed by atoms with E-state index in [2.05, 4.69) is 0 Å². The zero-order chi connectivity index (χ0) is 17.6. The number of sulfonamides is 1. The molecule has 0 saturated carbocycles. The number of primary sulfonamides is 1. The normalized spacial score (nSPS) is 12.5. The summed E-state index contributed by atoms with van der Waals surface area (Å²) in [6.45, 7) is 1.66. The number of benzene rings is 1. The van der Waals surface area contributed by atoms with E-state index in [9.17, 15) is 23.3 Å². The van der Waals surface area contributed by atoms with Crippen molar-refractivity contribution >= 4 is 22.0 Å². The average Bonchev–Trinajstić information content (AvgIpc) is 2.49. The minimum absolute atomic E-state index is 0.0249. The Morgan fingerprint density at radius 2 is 2.09 bits per heavy atom. The molecule has 1 atom stereocenters. The zero-order valence-electron chi connectivity index (χ0n) is 12.7. The third-order valence-electron chi connectivity index (χ3n) is 3.26. The van der Waals surface area contributed by atoms with Gasteiger partial charge in [0.2, 0.25) is 15.8 Å². The van der Waals surface area contributed by atoms with Crippen molar-refractivity contribution in [1.29, 1.82) is 0 Å². The van der Waals surface area contributed by atoms with Crippen LogP contribution < -0.4 is 14.6 Å². The van der Waals surface area contributed by atoms with Gasteiger partial charge in [-0.3, -0.25) is 14.9 Å². The molecular weight excluding hydrogens is 328 g/mol. The maximum atomic E-state index is 11.3. The van der Waals surface area contributed by atoms with Gasteiger partial charge < -0.3 is 9.47 Å². The molecule has 0 aromatic heterocycles. The van der Waals surface area contributed by atoms with Crippen molar-refractivity contribution in [2.75, 3.05) is 13.7 Å². The zero-order valence-corrected chi connectivity index (χ0v) is 13.5. The number of nitro benzene ring substituents is 1. The Morgan fingerprint density at radius 3 is 2.52 bits per heavy atom. The number of carbonyl (C=O) groups is 1. The van der Waals surface area contributed by atoms with E-state index in [1.54, 1.807) is 6.92 Å². The quantitative estimate of drug-likeness (QED) is 0.403. The van der Waals surface area contributed by atoms with Gasteiger partial charge in [0.25, 0.3) is 0 Å². The Labute approximate surface area is 133 Å². The molecule has 0 radical (unpaired) electrons. The van der Waals surface area contributed by atoms with Crippen LogP contribution in [0.3, 0.4) is 0 Å². The van der Waals surface area contributed by atoms with Crippen molar-refractivity contribution in [2.24, 2.45) is 5.14 Å². The van der Waals surface area contributed by atoms with Gasteiger partial charge in [0, 0.05) is 0 Å². The molecule has 1 rings (SSSR count). The molecule has 0 bridgehead atoms. The van der Waals surface area contributed by atoms with Gasteiger partial charge in [0.15, 0.2) is 12.0 Å². The molecule has 0 saturated heterocycles. The van der Waals surface area contributed by atoms with Crippen molar-refractivity contribution in [3.8, 4) is 11.5 Å². The lowest BCUT2D eigenvalue weighted by atomic mass is 10.1. The minimum Gasteiger partial charge on any atom is -0.489 e.